The Hall–Kier alpha value is -1.78. The highest BCUT2D eigenvalue weighted by Crippen LogP contribution is 1.91. The van der Waals surface area contributed by atoms with Gasteiger partial charge in [-0.25, -0.2) is 0 Å². The molecule has 0 bridgehead atoms. The van der Waals surface area contributed by atoms with E-state index in [0.717, 1.165) is 0 Å². The third-order valence-corrected chi connectivity index (χ3v) is 0.944. The maximum atomic E-state index is 5.05. The van der Waals surface area contributed by atoms with Crippen LogP contribution in [0.2, 0.25) is 0 Å². The molecule has 5 nitrogen and oxygen atoms in total. The van der Waals surface area contributed by atoms with Crippen molar-refractivity contribution in [1.82, 2.24) is 0 Å². The fraction of sp³-hybridized carbons (Fsp3) is 0. The molecule has 0 atom stereocenters. The molecule has 1 heterocycles. The summed E-state index contributed by atoms with van der Waals surface area (Å²) in [7, 11) is 0. The number of nitrogens with one attached hydrogen (secondary N) is 1. The molecule has 0 fully saturated rings. The van der Waals surface area contributed by atoms with E-state index in [2.05, 4.69) is 10.2 Å². The maximum absolute atomic E-state index is 5.05. The Labute approximate surface area is 63.4 Å². The summed E-state index contributed by atoms with van der Waals surface area (Å²) in [5, 5.41) is 6.01. The van der Waals surface area contributed by atoms with E-state index in [0.29, 0.717) is 5.76 Å². The van der Waals surface area contributed by atoms with Gasteiger partial charge in [0.15, 0.2) is 5.76 Å². The van der Waals surface area contributed by atoms with E-state index in [1.54, 1.807) is 24.6 Å². The van der Waals surface area contributed by atoms with Crippen molar-refractivity contribution in [3.8, 4) is 0 Å². The van der Waals surface area contributed by atoms with Crippen molar-refractivity contribution < 1.29 is 9.52 Å². The van der Waals surface area contributed by atoms with Gasteiger partial charge in [0.1, 0.15) is 0 Å². The van der Waals surface area contributed by atoms with Crippen LogP contribution in [-0.4, -0.2) is 12.2 Å². The first-order valence-corrected chi connectivity index (χ1v) is 3.00. The fourth-order valence-corrected chi connectivity index (χ4v) is 0.544. The summed E-state index contributed by atoms with van der Waals surface area (Å²) < 4.78 is 4.95. The van der Waals surface area contributed by atoms with Crippen molar-refractivity contribution in [1.29, 1.82) is 0 Å². The Balaban J connectivity index is 2.56. The number of nitrogens with zero attached hydrogens (tertiary/aromatic N) is 1. The second-order valence-corrected chi connectivity index (χ2v) is 1.83. The van der Waals surface area contributed by atoms with Crippen LogP contribution >= 0.6 is 0 Å². The number of rotatable bonds is 2. The Morgan fingerprint density at radius 1 is 1.64 bits per heavy atom. The summed E-state index contributed by atoms with van der Waals surface area (Å²) in [6, 6.07) is 3.54. The average molecular weight is 153 g/mol. The van der Waals surface area contributed by atoms with Crippen LogP contribution in [0.3, 0.4) is 0 Å². The zero-order valence-electron chi connectivity index (χ0n) is 5.82. The number of nitrogens with two attached hydrogens (primary N) is 2. The van der Waals surface area contributed by atoms with Crippen LogP contribution in [0.15, 0.2) is 27.9 Å². The Bertz CT molecular complexity index is 258. The van der Waals surface area contributed by atoms with E-state index in [1.165, 1.54) is 0 Å². The molecule has 0 aromatic carbocycles. The lowest BCUT2D eigenvalue weighted by Crippen LogP contribution is -2.63. The SMILES string of the molecule is NC(N)=N/[NH+]=C\c1ccco1. The van der Waals surface area contributed by atoms with Gasteiger partial charge in [-0.1, -0.05) is 5.10 Å². The van der Waals surface area contributed by atoms with Crippen LogP contribution in [0, 0.1) is 0 Å². The first kappa shape index (κ1) is 7.33. The highest BCUT2D eigenvalue weighted by Gasteiger charge is 1.91. The third kappa shape index (κ3) is 2.53. The van der Waals surface area contributed by atoms with Crippen LogP contribution in [0.1, 0.15) is 5.76 Å². The van der Waals surface area contributed by atoms with Gasteiger partial charge in [-0.2, -0.15) is 0 Å². The van der Waals surface area contributed by atoms with Gasteiger partial charge in [0.2, 0.25) is 6.21 Å². The van der Waals surface area contributed by atoms with Crippen LogP contribution in [0.5, 0.6) is 0 Å². The van der Waals surface area contributed by atoms with Crippen molar-refractivity contribution >= 4 is 12.2 Å². The Morgan fingerprint density at radius 3 is 3.00 bits per heavy atom. The largest absolute Gasteiger partial charge is 0.459 e. The monoisotopic (exact) mass is 153 g/mol. The Morgan fingerprint density at radius 2 is 2.45 bits per heavy atom. The van der Waals surface area contributed by atoms with Crippen molar-refractivity contribution in [2.75, 3.05) is 0 Å². The number of hydrogen-bond acceptors (Lipinski definition) is 2. The van der Waals surface area contributed by atoms with E-state index in [1.807, 2.05) is 0 Å². The smallest absolute Gasteiger partial charge is 0.256 e. The van der Waals surface area contributed by atoms with Crippen molar-refractivity contribution in [3.63, 3.8) is 0 Å². The predicted molar refractivity (Wildman–Crippen MR) is 40.6 cm³/mol. The summed E-state index contributed by atoms with van der Waals surface area (Å²) in [5.41, 5.74) is 10.1. The molecule has 0 saturated carbocycles. The van der Waals surface area contributed by atoms with Crippen LogP contribution in [-0.2, 0) is 0 Å². The van der Waals surface area contributed by atoms with Gasteiger partial charge in [-0.05, 0) is 12.1 Å². The summed E-state index contributed by atoms with van der Waals surface area (Å²) in [5.74, 6) is 0.641. The molecular formula is C6H9N4O+. The summed E-state index contributed by atoms with van der Waals surface area (Å²) in [6.45, 7) is 0. The molecule has 0 aliphatic rings. The van der Waals surface area contributed by atoms with Crippen molar-refractivity contribution in [2.45, 2.75) is 0 Å². The lowest BCUT2D eigenvalue weighted by atomic mass is 10.5. The topological polar surface area (TPSA) is 91.5 Å². The minimum atomic E-state index is -0.0205. The standard InChI is InChI=1S/C6H8N4O/c7-6(8)10-9-4-5-2-1-3-11-5/h1-4H,(H4,7,8,10)/p+1/b9-4-. The quantitative estimate of drug-likeness (QED) is 0.260. The molecular weight excluding hydrogens is 144 g/mol. The van der Waals surface area contributed by atoms with Gasteiger partial charge in [-0.15, -0.1) is 0 Å². The molecule has 11 heavy (non-hydrogen) atoms. The van der Waals surface area contributed by atoms with Gasteiger partial charge < -0.3 is 15.9 Å². The normalized spacial score (nSPS) is 10.2. The van der Waals surface area contributed by atoms with Crippen molar-refractivity contribution in [2.24, 2.45) is 16.6 Å². The molecule has 0 aliphatic carbocycles. The second-order valence-electron chi connectivity index (χ2n) is 1.83. The molecule has 1 rings (SSSR count). The van der Waals surface area contributed by atoms with Gasteiger partial charge in [-0.3, -0.25) is 0 Å². The third-order valence-electron chi connectivity index (χ3n) is 0.944. The highest BCUT2D eigenvalue weighted by atomic mass is 16.3. The number of furan rings is 1. The van der Waals surface area contributed by atoms with E-state index in [4.69, 9.17) is 15.9 Å². The van der Waals surface area contributed by atoms with E-state index in [-0.39, 0.29) is 5.96 Å². The molecule has 58 valence electrons. The zero-order chi connectivity index (χ0) is 8.10. The van der Waals surface area contributed by atoms with E-state index >= 15 is 0 Å². The van der Waals surface area contributed by atoms with Crippen LogP contribution < -0.4 is 16.6 Å². The molecule has 0 amide bonds. The predicted octanol–water partition coefficient (Wildman–Crippen LogP) is -2.03. The molecule has 0 unspecified atom stereocenters. The lowest BCUT2D eigenvalue weighted by Gasteiger charge is -1.76. The average Bonchev–Trinajstić information content (AvgIpc) is 2.39. The number of hydrogen-bond donors (Lipinski definition) is 3. The number of guanidine groups is 1. The molecule has 0 saturated heterocycles. The summed E-state index contributed by atoms with van der Waals surface area (Å²) in [6.07, 6.45) is 3.10. The van der Waals surface area contributed by atoms with Gasteiger partial charge >= 0.3 is 0 Å². The van der Waals surface area contributed by atoms with Crippen molar-refractivity contribution in [3.05, 3.63) is 24.2 Å². The lowest BCUT2D eigenvalue weighted by molar-refractivity contribution is -0.457. The number of hydrazone groups is 1. The van der Waals surface area contributed by atoms with Crippen LogP contribution in [0.4, 0.5) is 0 Å². The minimum absolute atomic E-state index is 0.0205. The minimum Gasteiger partial charge on any atom is -0.459 e. The first-order chi connectivity index (χ1) is 5.29. The summed E-state index contributed by atoms with van der Waals surface area (Å²) in [4.78, 5) is 0. The molecule has 5 N–H and O–H groups in total. The molecule has 1 aromatic rings. The van der Waals surface area contributed by atoms with E-state index < -0.39 is 0 Å². The van der Waals surface area contributed by atoms with Gasteiger partial charge in [0.05, 0.1) is 6.26 Å². The van der Waals surface area contributed by atoms with E-state index in [9.17, 15) is 0 Å². The molecule has 0 spiro atoms. The molecule has 0 radical (unpaired) electrons. The second kappa shape index (κ2) is 3.40. The molecule has 0 aliphatic heterocycles. The highest BCUT2D eigenvalue weighted by molar-refractivity contribution is 5.75. The first-order valence-electron chi connectivity index (χ1n) is 3.00. The fourth-order valence-electron chi connectivity index (χ4n) is 0.544. The Kier molecular flexibility index (Phi) is 2.27. The van der Waals surface area contributed by atoms with Gasteiger partial charge in [0.25, 0.3) is 5.96 Å². The maximum Gasteiger partial charge on any atom is 0.256 e. The van der Waals surface area contributed by atoms with Gasteiger partial charge in [0, 0.05) is 5.10 Å². The zero-order valence-corrected chi connectivity index (χ0v) is 5.82. The molecule has 1 aromatic heterocycles. The van der Waals surface area contributed by atoms with Crippen LogP contribution in [0.25, 0.3) is 0 Å². The summed E-state index contributed by atoms with van der Waals surface area (Å²) >= 11 is 0. The molecule has 5 heteroatoms.